The Hall–Kier alpha value is -2.08. The van der Waals surface area contributed by atoms with Crippen molar-refractivity contribution in [1.82, 2.24) is 4.57 Å². The van der Waals surface area contributed by atoms with E-state index in [1.165, 1.54) is 4.57 Å². The minimum absolute atomic E-state index is 0.0354. The van der Waals surface area contributed by atoms with Gasteiger partial charge in [0.1, 0.15) is 12.3 Å². The maximum atomic E-state index is 12.0. The van der Waals surface area contributed by atoms with Crippen LogP contribution in [0.15, 0.2) is 45.8 Å². The van der Waals surface area contributed by atoms with Crippen LogP contribution in [0.25, 0.3) is 0 Å². The van der Waals surface area contributed by atoms with Gasteiger partial charge in [-0.15, -0.1) is 0 Å². The maximum Gasteiger partial charge on any atom is 0.253 e. The number of pyridine rings is 1. The zero-order valence-corrected chi connectivity index (χ0v) is 14.0. The molecular weight excluding hydrogens is 348 g/mol. The molecule has 2 aromatic rings. The molecule has 116 valence electrons. The van der Waals surface area contributed by atoms with Crippen LogP contribution in [-0.2, 0) is 11.3 Å². The van der Waals surface area contributed by atoms with Gasteiger partial charge in [-0.3, -0.25) is 9.59 Å². The number of benzene rings is 1. The summed E-state index contributed by atoms with van der Waals surface area (Å²) in [7, 11) is 0. The molecule has 0 bridgehead atoms. The van der Waals surface area contributed by atoms with Gasteiger partial charge in [0, 0.05) is 21.9 Å². The molecule has 0 unspecified atom stereocenters. The number of amides is 1. The van der Waals surface area contributed by atoms with Crippen LogP contribution in [0.2, 0.25) is 0 Å². The minimum atomic E-state index is -0.260. The SMILES string of the molecule is CCOc1ccc(NC(=O)Cn2cc(Br)cc(C)c2=O)cc1. The number of aromatic nitrogens is 1. The highest BCUT2D eigenvalue weighted by Gasteiger charge is 2.08. The monoisotopic (exact) mass is 364 g/mol. The van der Waals surface area contributed by atoms with Crippen LogP contribution in [0.5, 0.6) is 5.75 Å². The first-order valence-electron chi connectivity index (χ1n) is 6.89. The van der Waals surface area contributed by atoms with E-state index in [4.69, 9.17) is 4.74 Å². The molecular formula is C16H17BrN2O3. The number of halogens is 1. The van der Waals surface area contributed by atoms with Crippen molar-refractivity contribution in [2.75, 3.05) is 11.9 Å². The van der Waals surface area contributed by atoms with Crippen molar-refractivity contribution < 1.29 is 9.53 Å². The summed E-state index contributed by atoms with van der Waals surface area (Å²) in [6.45, 7) is 4.19. The Labute approximate surface area is 137 Å². The van der Waals surface area contributed by atoms with E-state index in [0.717, 1.165) is 10.2 Å². The Kier molecular flexibility index (Phi) is 5.38. The van der Waals surface area contributed by atoms with E-state index in [9.17, 15) is 9.59 Å². The third-order valence-electron chi connectivity index (χ3n) is 2.99. The number of rotatable bonds is 5. The van der Waals surface area contributed by atoms with Crippen LogP contribution in [0.4, 0.5) is 5.69 Å². The number of nitrogens with zero attached hydrogens (tertiary/aromatic N) is 1. The van der Waals surface area contributed by atoms with Gasteiger partial charge in [-0.1, -0.05) is 0 Å². The lowest BCUT2D eigenvalue weighted by Crippen LogP contribution is -2.28. The molecule has 0 saturated carbocycles. The van der Waals surface area contributed by atoms with E-state index in [0.29, 0.717) is 17.9 Å². The second kappa shape index (κ2) is 7.26. The average molecular weight is 365 g/mol. The highest BCUT2D eigenvalue weighted by molar-refractivity contribution is 9.10. The molecule has 6 heteroatoms. The van der Waals surface area contributed by atoms with Crippen LogP contribution >= 0.6 is 15.9 Å². The molecule has 0 aliphatic carbocycles. The average Bonchev–Trinajstić information content (AvgIpc) is 2.46. The van der Waals surface area contributed by atoms with Crippen molar-refractivity contribution in [1.29, 1.82) is 0 Å². The summed E-state index contributed by atoms with van der Waals surface area (Å²) >= 11 is 3.32. The molecule has 0 aliphatic rings. The van der Waals surface area contributed by atoms with E-state index in [2.05, 4.69) is 21.2 Å². The van der Waals surface area contributed by atoms with Crippen molar-refractivity contribution in [3.63, 3.8) is 0 Å². The third-order valence-corrected chi connectivity index (χ3v) is 3.43. The van der Waals surface area contributed by atoms with Crippen molar-refractivity contribution in [2.24, 2.45) is 0 Å². The second-order valence-corrected chi connectivity index (χ2v) is 5.70. The molecule has 0 fully saturated rings. The molecule has 0 spiro atoms. The van der Waals surface area contributed by atoms with E-state index in [-0.39, 0.29) is 18.0 Å². The van der Waals surface area contributed by atoms with Crippen LogP contribution in [-0.4, -0.2) is 17.1 Å². The third kappa shape index (κ3) is 4.21. The lowest BCUT2D eigenvalue weighted by molar-refractivity contribution is -0.116. The number of nitrogens with one attached hydrogen (secondary N) is 1. The number of aryl methyl sites for hydroxylation is 1. The number of hydrogen-bond donors (Lipinski definition) is 1. The topological polar surface area (TPSA) is 60.3 Å². The Morgan fingerprint density at radius 3 is 2.64 bits per heavy atom. The molecule has 1 heterocycles. The number of anilines is 1. The highest BCUT2D eigenvalue weighted by Crippen LogP contribution is 2.15. The molecule has 1 aromatic carbocycles. The zero-order valence-electron chi connectivity index (χ0n) is 12.4. The molecule has 22 heavy (non-hydrogen) atoms. The van der Waals surface area contributed by atoms with E-state index < -0.39 is 0 Å². The number of carbonyl (C=O) groups excluding carboxylic acids is 1. The standard InChI is InChI=1S/C16H17BrN2O3/c1-3-22-14-6-4-13(5-7-14)18-15(20)10-19-9-12(17)8-11(2)16(19)21/h4-9H,3,10H2,1-2H3,(H,18,20). The fraction of sp³-hybridized carbons (Fsp3) is 0.250. The number of carbonyl (C=O) groups is 1. The summed E-state index contributed by atoms with van der Waals surface area (Å²) in [5, 5.41) is 2.76. The summed E-state index contributed by atoms with van der Waals surface area (Å²) in [4.78, 5) is 24.0. The maximum absolute atomic E-state index is 12.0. The van der Waals surface area contributed by atoms with Crippen molar-refractivity contribution in [2.45, 2.75) is 20.4 Å². The summed E-state index contributed by atoms with van der Waals surface area (Å²) in [5.74, 6) is 0.489. The smallest absolute Gasteiger partial charge is 0.253 e. The molecule has 1 aromatic heterocycles. The van der Waals surface area contributed by atoms with Crippen LogP contribution in [0.3, 0.4) is 0 Å². The molecule has 0 radical (unpaired) electrons. The van der Waals surface area contributed by atoms with Crippen molar-refractivity contribution in [3.05, 3.63) is 56.9 Å². The fourth-order valence-corrected chi connectivity index (χ4v) is 2.60. The summed E-state index contributed by atoms with van der Waals surface area (Å²) in [6.07, 6.45) is 1.60. The molecule has 5 nitrogen and oxygen atoms in total. The summed E-state index contributed by atoms with van der Waals surface area (Å²) < 4.78 is 7.48. The molecule has 0 saturated heterocycles. The number of ether oxygens (including phenoxy) is 1. The second-order valence-electron chi connectivity index (χ2n) is 4.78. The predicted octanol–water partition coefficient (Wildman–Crippen LogP) is 2.96. The Morgan fingerprint density at radius 1 is 1.32 bits per heavy atom. The molecule has 1 N–H and O–H groups in total. The molecule has 0 aliphatic heterocycles. The summed E-state index contributed by atoms with van der Waals surface area (Å²) in [6, 6.07) is 8.82. The molecule has 0 atom stereocenters. The van der Waals surface area contributed by atoms with Crippen LogP contribution in [0.1, 0.15) is 12.5 Å². The first kappa shape index (κ1) is 16.3. The minimum Gasteiger partial charge on any atom is -0.494 e. The van der Waals surface area contributed by atoms with Gasteiger partial charge in [-0.2, -0.15) is 0 Å². The lowest BCUT2D eigenvalue weighted by Gasteiger charge is -2.09. The fourth-order valence-electron chi connectivity index (χ4n) is 2.01. The van der Waals surface area contributed by atoms with Gasteiger partial charge in [-0.05, 0) is 60.1 Å². The van der Waals surface area contributed by atoms with Gasteiger partial charge in [-0.25, -0.2) is 0 Å². The predicted molar refractivity (Wildman–Crippen MR) is 89.4 cm³/mol. The quantitative estimate of drug-likeness (QED) is 0.886. The van der Waals surface area contributed by atoms with Crippen LogP contribution in [0, 0.1) is 6.92 Å². The van der Waals surface area contributed by atoms with Gasteiger partial charge >= 0.3 is 0 Å². The lowest BCUT2D eigenvalue weighted by atomic mass is 10.3. The summed E-state index contributed by atoms with van der Waals surface area (Å²) in [5.41, 5.74) is 1.07. The van der Waals surface area contributed by atoms with Gasteiger partial charge in [0.2, 0.25) is 5.91 Å². The van der Waals surface area contributed by atoms with E-state index >= 15 is 0 Å². The highest BCUT2D eigenvalue weighted by atomic mass is 79.9. The normalized spacial score (nSPS) is 10.3. The Bertz CT molecular complexity index is 723. The number of hydrogen-bond acceptors (Lipinski definition) is 3. The molecule has 2 rings (SSSR count). The largest absolute Gasteiger partial charge is 0.494 e. The van der Waals surface area contributed by atoms with Gasteiger partial charge in [0.05, 0.1) is 6.61 Å². The van der Waals surface area contributed by atoms with E-state index in [1.54, 1.807) is 43.5 Å². The van der Waals surface area contributed by atoms with Gasteiger partial charge < -0.3 is 14.6 Å². The molecule has 1 amide bonds. The zero-order chi connectivity index (χ0) is 16.1. The van der Waals surface area contributed by atoms with E-state index in [1.807, 2.05) is 6.92 Å². The van der Waals surface area contributed by atoms with Crippen molar-refractivity contribution in [3.8, 4) is 5.75 Å². The van der Waals surface area contributed by atoms with Crippen LogP contribution < -0.4 is 15.6 Å². The van der Waals surface area contributed by atoms with Gasteiger partial charge in [0.25, 0.3) is 5.56 Å². The van der Waals surface area contributed by atoms with Gasteiger partial charge in [0.15, 0.2) is 0 Å². The van der Waals surface area contributed by atoms with Crippen molar-refractivity contribution >= 4 is 27.5 Å². The Morgan fingerprint density at radius 2 is 2.00 bits per heavy atom. The first-order valence-corrected chi connectivity index (χ1v) is 7.68. The first-order chi connectivity index (χ1) is 10.5. The Balaban J connectivity index is 2.05.